The van der Waals surface area contributed by atoms with Crippen molar-refractivity contribution in [3.05, 3.63) is 34.1 Å². The highest BCUT2D eigenvalue weighted by molar-refractivity contribution is 7.71. The van der Waals surface area contributed by atoms with Gasteiger partial charge in [-0.1, -0.05) is 23.7 Å². The third-order valence-corrected chi connectivity index (χ3v) is 5.01. The molecule has 0 aliphatic carbocycles. The van der Waals surface area contributed by atoms with E-state index in [1.54, 1.807) is 10.7 Å². The van der Waals surface area contributed by atoms with Gasteiger partial charge in [0.25, 0.3) is 4.84 Å². The smallest absolute Gasteiger partial charge is 0.288 e. The summed E-state index contributed by atoms with van der Waals surface area (Å²) in [5, 5.41) is 8.06. The van der Waals surface area contributed by atoms with Crippen LogP contribution < -0.4 is 5.32 Å². The number of carbonyl (C=O) groups excluding carboxylic acids is 1. The monoisotopic (exact) mass is 423 g/mol. The molecule has 2 heterocycles. The molecule has 0 atom stereocenters. The normalized spacial score (nSPS) is 16.3. The number of rotatable bonds is 5. The lowest BCUT2D eigenvalue weighted by Gasteiger charge is -2.34. The van der Waals surface area contributed by atoms with Gasteiger partial charge in [0.05, 0.1) is 23.8 Å². The topological polar surface area (TPSA) is 66.5 Å². The maximum Gasteiger partial charge on any atom is 0.288 e. The molecule has 0 saturated carbocycles. The Morgan fingerprint density at radius 1 is 1.21 bits per heavy atom. The lowest BCUT2D eigenvalue weighted by atomic mass is 10.1. The molecule has 9 heteroatoms. The van der Waals surface area contributed by atoms with Crippen LogP contribution in [0.2, 0.25) is 5.02 Å². The van der Waals surface area contributed by atoms with E-state index in [1.807, 2.05) is 39.0 Å². The van der Waals surface area contributed by atoms with E-state index in [-0.39, 0.29) is 11.4 Å². The van der Waals surface area contributed by atoms with Crippen LogP contribution in [-0.4, -0.2) is 63.8 Å². The molecule has 3 rings (SSSR count). The van der Waals surface area contributed by atoms with Crippen molar-refractivity contribution in [2.45, 2.75) is 33.0 Å². The fourth-order valence-corrected chi connectivity index (χ4v) is 3.47. The van der Waals surface area contributed by atoms with Gasteiger partial charge in [-0.3, -0.25) is 14.6 Å². The molecule has 1 fully saturated rings. The van der Waals surface area contributed by atoms with Gasteiger partial charge in [-0.25, -0.2) is 4.68 Å². The number of halogens is 1. The van der Waals surface area contributed by atoms with Crippen LogP contribution in [-0.2, 0) is 11.5 Å². The average molecular weight is 424 g/mol. The van der Waals surface area contributed by atoms with Crippen molar-refractivity contribution in [3.63, 3.8) is 0 Å². The van der Waals surface area contributed by atoms with Gasteiger partial charge >= 0.3 is 0 Å². The summed E-state index contributed by atoms with van der Waals surface area (Å²) in [5.74, 6) is 0.483. The van der Waals surface area contributed by atoms with E-state index in [0.29, 0.717) is 29.0 Å². The van der Waals surface area contributed by atoms with Crippen molar-refractivity contribution in [3.8, 4) is 11.5 Å². The molecule has 0 radical (unpaired) electrons. The second-order valence-corrected chi connectivity index (χ2v) is 8.74. The Kier molecular flexibility index (Phi) is 6.54. The van der Waals surface area contributed by atoms with E-state index in [4.69, 9.17) is 28.2 Å². The van der Waals surface area contributed by atoms with Crippen LogP contribution in [0.1, 0.15) is 20.8 Å². The van der Waals surface area contributed by atoms with Crippen molar-refractivity contribution in [2.75, 3.05) is 32.7 Å². The number of carbonyl (C=O) groups is 1. The van der Waals surface area contributed by atoms with Gasteiger partial charge in [-0.2, -0.15) is 0 Å². The number of piperazine rings is 1. The van der Waals surface area contributed by atoms with Crippen LogP contribution in [0.25, 0.3) is 11.5 Å². The molecule has 1 aliphatic rings. The van der Waals surface area contributed by atoms with Crippen molar-refractivity contribution in [2.24, 2.45) is 0 Å². The van der Waals surface area contributed by atoms with Crippen LogP contribution in [0.5, 0.6) is 0 Å². The summed E-state index contributed by atoms with van der Waals surface area (Å²) in [7, 11) is 0. The first-order valence-electron chi connectivity index (χ1n) is 9.30. The van der Waals surface area contributed by atoms with E-state index in [1.165, 1.54) is 0 Å². The highest BCUT2D eigenvalue weighted by atomic mass is 35.5. The molecule has 0 spiro atoms. The van der Waals surface area contributed by atoms with Crippen molar-refractivity contribution >= 4 is 29.7 Å². The summed E-state index contributed by atoms with van der Waals surface area (Å²) < 4.78 is 7.31. The van der Waals surface area contributed by atoms with E-state index in [0.717, 1.165) is 31.7 Å². The Labute approximate surface area is 175 Å². The van der Waals surface area contributed by atoms with Crippen LogP contribution in [0.3, 0.4) is 0 Å². The average Bonchev–Trinajstić information content (AvgIpc) is 2.96. The number of amides is 1. The maximum absolute atomic E-state index is 12.1. The van der Waals surface area contributed by atoms with E-state index in [9.17, 15) is 4.79 Å². The zero-order chi connectivity index (χ0) is 20.3. The zero-order valence-electron chi connectivity index (χ0n) is 16.4. The molecule has 7 nitrogen and oxygen atoms in total. The largest absolute Gasteiger partial charge is 0.409 e. The fourth-order valence-electron chi connectivity index (χ4n) is 3.08. The lowest BCUT2D eigenvalue weighted by molar-refractivity contribution is -0.124. The first kappa shape index (κ1) is 21.0. The van der Waals surface area contributed by atoms with Gasteiger partial charge in [0, 0.05) is 31.7 Å². The van der Waals surface area contributed by atoms with Crippen LogP contribution in [0, 0.1) is 4.84 Å². The second kappa shape index (κ2) is 8.73. The Bertz CT molecular complexity index is 881. The van der Waals surface area contributed by atoms with Gasteiger partial charge in [0.15, 0.2) is 0 Å². The van der Waals surface area contributed by atoms with E-state index >= 15 is 0 Å². The molecule has 1 amide bonds. The Balaban J connectivity index is 1.55. The molecule has 1 aromatic heterocycles. The molecule has 1 N–H and O–H groups in total. The maximum atomic E-state index is 12.1. The number of nitrogens with one attached hydrogen (secondary N) is 1. The van der Waals surface area contributed by atoms with Gasteiger partial charge in [-0.15, -0.1) is 5.10 Å². The molecule has 0 bridgehead atoms. The molecule has 0 unspecified atom stereocenters. The summed E-state index contributed by atoms with van der Waals surface area (Å²) in [4.78, 5) is 16.8. The minimum Gasteiger partial charge on any atom is -0.409 e. The predicted octanol–water partition coefficient (Wildman–Crippen LogP) is 3.02. The third kappa shape index (κ3) is 5.64. The van der Waals surface area contributed by atoms with E-state index in [2.05, 4.69) is 20.2 Å². The Morgan fingerprint density at radius 3 is 2.50 bits per heavy atom. The third-order valence-electron chi connectivity index (χ3n) is 4.39. The number of hydrogen-bond acceptors (Lipinski definition) is 6. The summed E-state index contributed by atoms with van der Waals surface area (Å²) in [6.07, 6.45) is 0. The fraction of sp³-hybridized carbons (Fsp3) is 0.526. The van der Waals surface area contributed by atoms with Gasteiger partial charge < -0.3 is 9.73 Å². The summed E-state index contributed by atoms with van der Waals surface area (Å²) >= 11 is 11.5. The van der Waals surface area contributed by atoms with Crippen LogP contribution in [0.15, 0.2) is 28.7 Å². The summed E-state index contributed by atoms with van der Waals surface area (Å²) in [6, 6.07) is 7.39. The van der Waals surface area contributed by atoms with Crippen molar-refractivity contribution in [1.29, 1.82) is 0 Å². The van der Waals surface area contributed by atoms with Crippen LogP contribution in [0.4, 0.5) is 0 Å². The van der Waals surface area contributed by atoms with Gasteiger partial charge in [0.1, 0.15) is 0 Å². The summed E-state index contributed by atoms with van der Waals surface area (Å²) in [6.45, 7) is 10.2. The molecular weight excluding hydrogens is 398 g/mol. The highest BCUT2D eigenvalue weighted by Gasteiger charge is 2.22. The quantitative estimate of drug-likeness (QED) is 0.745. The second-order valence-electron chi connectivity index (χ2n) is 7.99. The molecule has 1 aromatic carbocycles. The molecule has 152 valence electrons. The number of nitrogens with zero attached hydrogens (tertiary/aromatic N) is 4. The van der Waals surface area contributed by atoms with Gasteiger partial charge in [0.2, 0.25) is 11.8 Å². The standard InChI is InChI=1S/C19H26ClN5O2S/c1-19(2,3)21-16(26)12-23-8-10-24(11-9-23)13-25-18(28)27-17(22-25)14-6-4-5-7-15(14)20/h4-7H,8-13H2,1-3H3,(H,21,26). The molecule has 1 aliphatic heterocycles. The minimum absolute atomic E-state index is 0.0593. The number of hydrogen-bond donors (Lipinski definition) is 1. The lowest BCUT2D eigenvalue weighted by Crippen LogP contribution is -2.51. The SMILES string of the molecule is CC(C)(C)NC(=O)CN1CCN(Cn2nc(-c3ccccc3Cl)oc2=S)CC1. The number of benzene rings is 1. The molecular formula is C19H26ClN5O2S. The molecule has 2 aromatic rings. The summed E-state index contributed by atoms with van der Waals surface area (Å²) in [5.41, 5.74) is 0.519. The Morgan fingerprint density at radius 2 is 1.86 bits per heavy atom. The first-order chi connectivity index (χ1) is 13.2. The Hall–Kier alpha value is -1.74. The van der Waals surface area contributed by atoms with Crippen LogP contribution >= 0.6 is 23.8 Å². The highest BCUT2D eigenvalue weighted by Crippen LogP contribution is 2.26. The predicted molar refractivity (Wildman–Crippen MR) is 112 cm³/mol. The van der Waals surface area contributed by atoms with Gasteiger partial charge in [-0.05, 0) is 45.1 Å². The first-order valence-corrected chi connectivity index (χ1v) is 10.1. The minimum atomic E-state index is -0.207. The van der Waals surface area contributed by atoms with E-state index < -0.39 is 0 Å². The molecule has 28 heavy (non-hydrogen) atoms. The zero-order valence-corrected chi connectivity index (χ0v) is 18.0. The van der Waals surface area contributed by atoms with Crippen molar-refractivity contribution in [1.82, 2.24) is 24.9 Å². The number of aromatic nitrogens is 2. The molecule has 1 saturated heterocycles. The van der Waals surface area contributed by atoms with Crippen molar-refractivity contribution < 1.29 is 9.21 Å².